The maximum absolute atomic E-state index is 11.5. The van der Waals surface area contributed by atoms with Gasteiger partial charge >= 0.3 is 5.97 Å². The zero-order valence-corrected chi connectivity index (χ0v) is 8.73. The van der Waals surface area contributed by atoms with Gasteiger partial charge in [-0.3, -0.25) is 0 Å². The van der Waals surface area contributed by atoms with Gasteiger partial charge in [0.2, 0.25) is 0 Å². The molecule has 0 fully saturated rings. The second-order valence-electron chi connectivity index (χ2n) is 5.37. The van der Waals surface area contributed by atoms with Gasteiger partial charge in [-0.1, -0.05) is 27.7 Å². The van der Waals surface area contributed by atoms with E-state index < -0.39 is 0 Å². The highest BCUT2D eigenvalue weighted by molar-refractivity contribution is 5.94. The molecule has 0 saturated heterocycles. The lowest BCUT2D eigenvalue weighted by atomic mass is 9.79. The quantitative estimate of drug-likeness (QED) is 0.535. The first kappa shape index (κ1) is 8.79. The molecule has 2 aliphatic rings. The van der Waals surface area contributed by atoms with E-state index in [-0.39, 0.29) is 16.8 Å². The van der Waals surface area contributed by atoms with Crippen LogP contribution in [0.1, 0.15) is 34.1 Å². The van der Waals surface area contributed by atoms with E-state index in [4.69, 9.17) is 4.74 Å². The molecule has 0 aromatic heterocycles. The zero-order chi connectivity index (χ0) is 9.85. The van der Waals surface area contributed by atoms with Crippen LogP contribution in [0.5, 0.6) is 0 Å². The standard InChI is InChI=1S/C11H16O2/c1-10(2)6-11(3,4)8-7(10)5-13-9(8)12/h5-6H2,1-4H3. The number of ether oxygens (including phenoxy) is 1. The van der Waals surface area contributed by atoms with Gasteiger partial charge in [0, 0.05) is 5.57 Å². The van der Waals surface area contributed by atoms with Crippen molar-refractivity contribution in [3.63, 3.8) is 0 Å². The Morgan fingerprint density at radius 3 is 2.31 bits per heavy atom. The first-order chi connectivity index (χ1) is 5.84. The molecular formula is C11H16O2. The Kier molecular flexibility index (Phi) is 1.47. The molecule has 13 heavy (non-hydrogen) atoms. The predicted octanol–water partition coefficient (Wildman–Crippen LogP) is 2.30. The molecule has 2 heteroatoms. The minimum atomic E-state index is -0.0921. The molecule has 0 aromatic rings. The highest BCUT2D eigenvalue weighted by Crippen LogP contribution is 2.54. The number of carbonyl (C=O) groups excluding carboxylic acids is 1. The highest BCUT2D eigenvalue weighted by atomic mass is 16.5. The van der Waals surface area contributed by atoms with Gasteiger partial charge in [-0.15, -0.1) is 0 Å². The second-order valence-corrected chi connectivity index (χ2v) is 5.37. The second kappa shape index (κ2) is 2.17. The maximum atomic E-state index is 11.5. The van der Waals surface area contributed by atoms with Gasteiger partial charge in [0.15, 0.2) is 0 Å². The van der Waals surface area contributed by atoms with Gasteiger partial charge in [0.1, 0.15) is 6.61 Å². The zero-order valence-electron chi connectivity index (χ0n) is 8.73. The topological polar surface area (TPSA) is 26.3 Å². The van der Waals surface area contributed by atoms with Crippen LogP contribution in [0, 0.1) is 10.8 Å². The third-order valence-corrected chi connectivity index (χ3v) is 3.23. The van der Waals surface area contributed by atoms with Gasteiger partial charge in [-0.2, -0.15) is 0 Å². The number of rotatable bonds is 0. The summed E-state index contributed by atoms with van der Waals surface area (Å²) < 4.78 is 5.08. The van der Waals surface area contributed by atoms with E-state index >= 15 is 0 Å². The van der Waals surface area contributed by atoms with E-state index in [1.807, 2.05) is 0 Å². The van der Waals surface area contributed by atoms with Crippen molar-refractivity contribution in [2.24, 2.45) is 10.8 Å². The van der Waals surface area contributed by atoms with Gasteiger partial charge in [-0.25, -0.2) is 4.79 Å². The minimum Gasteiger partial charge on any atom is -0.458 e. The molecule has 0 saturated carbocycles. The number of hydrogen-bond donors (Lipinski definition) is 0. The van der Waals surface area contributed by atoms with E-state index in [0.29, 0.717) is 6.61 Å². The van der Waals surface area contributed by atoms with Crippen LogP contribution in [0.3, 0.4) is 0 Å². The smallest absolute Gasteiger partial charge is 0.334 e. The fraction of sp³-hybridized carbons (Fsp3) is 0.727. The van der Waals surface area contributed by atoms with Crippen LogP contribution in [0.4, 0.5) is 0 Å². The number of cyclic esters (lactones) is 1. The van der Waals surface area contributed by atoms with E-state index in [2.05, 4.69) is 27.7 Å². The minimum absolute atomic E-state index is 0.00637. The van der Waals surface area contributed by atoms with Crippen molar-refractivity contribution in [3.8, 4) is 0 Å². The molecule has 0 atom stereocenters. The molecule has 72 valence electrons. The summed E-state index contributed by atoms with van der Waals surface area (Å²) in [5.41, 5.74) is 2.32. The fourth-order valence-electron chi connectivity index (χ4n) is 2.92. The Morgan fingerprint density at radius 1 is 1.15 bits per heavy atom. The third-order valence-electron chi connectivity index (χ3n) is 3.23. The van der Waals surface area contributed by atoms with Gasteiger partial charge in [-0.05, 0) is 22.8 Å². The van der Waals surface area contributed by atoms with Gasteiger partial charge in [0.05, 0.1) is 0 Å². The summed E-state index contributed by atoms with van der Waals surface area (Å²) in [6.07, 6.45) is 1.06. The summed E-state index contributed by atoms with van der Waals surface area (Å²) in [7, 11) is 0. The van der Waals surface area contributed by atoms with E-state index in [9.17, 15) is 4.79 Å². The lowest BCUT2D eigenvalue weighted by Gasteiger charge is -2.26. The molecule has 0 aromatic carbocycles. The average Bonchev–Trinajstić information content (AvgIpc) is 2.35. The average molecular weight is 180 g/mol. The van der Waals surface area contributed by atoms with Crippen molar-refractivity contribution in [3.05, 3.63) is 11.1 Å². The largest absolute Gasteiger partial charge is 0.458 e. The summed E-state index contributed by atoms with van der Waals surface area (Å²) in [4.78, 5) is 11.5. The summed E-state index contributed by atoms with van der Waals surface area (Å²) in [6.45, 7) is 9.16. The highest BCUT2D eigenvalue weighted by Gasteiger charge is 2.50. The van der Waals surface area contributed by atoms with Crippen molar-refractivity contribution in [2.45, 2.75) is 34.1 Å². The first-order valence-electron chi connectivity index (χ1n) is 4.76. The molecule has 0 radical (unpaired) electrons. The van der Waals surface area contributed by atoms with Crippen LogP contribution in [-0.4, -0.2) is 12.6 Å². The van der Waals surface area contributed by atoms with E-state index in [0.717, 1.165) is 12.0 Å². The van der Waals surface area contributed by atoms with Crippen molar-refractivity contribution >= 4 is 5.97 Å². The van der Waals surface area contributed by atoms with E-state index in [1.165, 1.54) is 5.57 Å². The molecule has 0 amide bonds. The molecule has 0 N–H and O–H groups in total. The third kappa shape index (κ3) is 1.04. The Labute approximate surface area is 79.0 Å². The van der Waals surface area contributed by atoms with Gasteiger partial charge < -0.3 is 4.74 Å². The lowest BCUT2D eigenvalue weighted by molar-refractivity contribution is -0.137. The van der Waals surface area contributed by atoms with Crippen molar-refractivity contribution in [1.29, 1.82) is 0 Å². The molecule has 1 heterocycles. The van der Waals surface area contributed by atoms with Crippen LogP contribution in [0.25, 0.3) is 0 Å². The normalized spacial score (nSPS) is 29.1. The Hall–Kier alpha value is -0.790. The summed E-state index contributed by atoms with van der Waals surface area (Å²) in [5, 5.41) is 0. The Morgan fingerprint density at radius 2 is 1.77 bits per heavy atom. The summed E-state index contributed by atoms with van der Waals surface area (Å²) >= 11 is 0. The predicted molar refractivity (Wildman–Crippen MR) is 50.2 cm³/mol. The number of hydrogen-bond acceptors (Lipinski definition) is 2. The lowest BCUT2D eigenvalue weighted by Crippen LogP contribution is -2.21. The SMILES string of the molecule is CC1(C)CC(C)(C)C2=C1COC2=O. The molecular weight excluding hydrogens is 164 g/mol. The fourth-order valence-corrected chi connectivity index (χ4v) is 2.92. The molecule has 0 spiro atoms. The first-order valence-corrected chi connectivity index (χ1v) is 4.76. The van der Waals surface area contributed by atoms with Crippen molar-refractivity contribution < 1.29 is 9.53 Å². The van der Waals surface area contributed by atoms with Crippen molar-refractivity contribution in [2.75, 3.05) is 6.61 Å². The molecule has 2 rings (SSSR count). The van der Waals surface area contributed by atoms with Crippen LogP contribution in [0.15, 0.2) is 11.1 Å². The van der Waals surface area contributed by atoms with Gasteiger partial charge in [0.25, 0.3) is 0 Å². The van der Waals surface area contributed by atoms with Crippen LogP contribution in [0.2, 0.25) is 0 Å². The van der Waals surface area contributed by atoms with Crippen molar-refractivity contribution in [1.82, 2.24) is 0 Å². The molecule has 2 nitrogen and oxygen atoms in total. The summed E-state index contributed by atoms with van der Waals surface area (Å²) in [5.74, 6) is -0.0921. The van der Waals surface area contributed by atoms with E-state index in [1.54, 1.807) is 0 Å². The van der Waals surface area contributed by atoms with Crippen LogP contribution < -0.4 is 0 Å². The summed E-state index contributed by atoms with van der Waals surface area (Å²) in [6, 6.07) is 0. The monoisotopic (exact) mass is 180 g/mol. The molecule has 1 aliphatic heterocycles. The molecule has 0 unspecified atom stereocenters. The Balaban J connectivity index is 2.53. The van der Waals surface area contributed by atoms with Crippen LogP contribution >= 0.6 is 0 Å². The number of esters is 1. The maximum Gasteiger partial charge on any atom is 0.334 e. The Bertz CT molecular complexity index is 308. The van der Waals surface area contributed by atoms with Crippen LogP contribution in [-0.2, 0) is 9.53 Å². The molecule has 1 aliphatic carbocycles. The number of carbonyl (C=O) groups is 1. The molecule has 0 bridgehead atoms.